The lowest BCUT2D eigenvalue weighted by atomic mass is 10.1. The summed E-state index contributed by atoms with van der Waals surface area (Å²) in [5.41, 5.74) is 0.753. The Morgan fingerprint density at radius 2 is 1.94 bits per heavy atom. The molecule has 1 aromatic heterocycles. The van der Waals surface area contributed by atoms with Gasteiger partial charge in [0, 0.05) is 5.56 Å². The molecule has 0 atom stereocenters. The van der Waals surface area contributed by atoms with Crippen LogP contribution < -0.4 is 5.56 Å². The number of nitrogens with one attached hydrogen (secondary N) is 2. The maximum absolute atomic E-state index is 11.7. The summed E-state index contributed by atoms with van der Waals surface area (Å²) in [4.78, 5) is 23.2. The SMILES string of the molecule is CCOC(=O)c1c(-c2ccccc2)[nH][nH]c1=O. The zero-order chi connectivity index (χ0) is 12.3. The molecule has 0 spiro atoms. The van der Waals surface area contributed by atoms with Crippen molar-refractivity contribution in [1.29, 1.82) is 0 Å². The maximum Gasteiger partial charge on any atom is 0.346 e. The van der Waals surface area contributed by atoms with E-state index in [0.29, 0.717) is 5.69 Å². The third-order valence-electron chi connectivity index (χ3n) is 2.32. The van der Waals surface area contributed by atoms with Crippen LogP contribution in [0.15, 0.2) is 35.1 Å². The number of H-pyrrole nitrogens is 2. The Labute approximate surface area is 97.4 Å². The summed E-state index contributed by atoms with van der Waals surface area (Å²) >= 11 is 0. The van der Waals surface area contributed by atoms with E-state index in [1.807, 2.05) is 30.3 Å². The fraction of sp³-hybridized carbons (Fsp3) is 0.167. The van der Waals surface area contributed by atoms with Gasteiger partial charge in [-0.2, -0.15) is 0 Å². The summed E-state index contributed by atoms with van der Waals surface area (Å²) < 4.78 is 4.85. The van der Waals surface area contributed by atoms with Gasteiger partial charge in [0.15, 0.2) is 5.56 Å². The van der Waals surface area contributed by atoms with E-state index >= 15 is 0 Å². The average Bonchev–Trinajstić information content (AvgIpc) is 2.73. The van der Waals surface area contributed by atoms with Crippen molar-refractivity contribution >= 4 is 5.97 Å². The van der Waals surface area contributed by atoms with Crippen molar-refractivity contribution in [3.05, 3.63) is 46.2 Å². The summed E-state index contributed by atoms with van der Waals surface area (Å²) in [7, 11) is 0. The van der Waals surface area contributed by atoms with Crippen molar-refractivity contribution in [1.82, 2.24) is 10.2 Å². The molecular formula is C12H12N2O3. The number of carbonyl (C=O) groups is 1. The minimum Gasteiger partial charge on any atom is -0.462 e. The van der Waals surface area contributed by atoms with Crippen molar-refractivity contribution in [3.63, 3.8) is 0 Å². The highest BCUT2D eigenvalue weighted by Gasteiger charge is 2.20. The van der Waals surface area contributed by atoms with Crippen molar-refractivity contribution in [2.45, 2.75) is 6.92 Å². The summed E-state index contributed by atoms with van der Waals surface area (Å²) in [6, 6.07) is 9.13. The molecule has 0 fully saturated rings. The molecule has 0 aliphatic carbocycles. The van der Waals surface area contributed by atoms with E-state index in [-0.39, 0.29) is 12.2 Å². The zero-order valence-corrected chi connectivity index (χ0v) is 9.32. The smallest absolute Gasteiger partial charge is 0.346 e. The Bertz CT molecular complexity index is 569. The van der Waals surface area contributed by atoms with Crippen LogP contribution in [0.4, 0.5) is 0 Å². The molecule has 5 nitrogen and oxygen atoms in total. The first-order valence-corrected chi connectivity index (χ1v) is 5.27. The Balaban J connectivity index is 2.50. The molecule has 0 unspecified atom stereocenters. The number of hydrogen-bond donors (Lipinski definition) is 2. The van der Waals surface area contributed by atoms with Gasteiger partial charge in [-0.3, -0.25) is 15.0 Å². The lowest BCUT2D eigenvalue weighted by Gasteiger charge is -2.02. The molecule has 17 heavy (non-hydrogen) atoms. The van der Waals surface area contributed by atoms with E-state index in [4.69, 9.17) is 4.74 Å². The minimum absolute atomic E-state index is 0.0121. The molecular weight excluding hydrogens is 220 g/mol. The maximum atomic E-state index is 11.7. The highest BCUT2D eigenvalue weighted by Crippen LogP contribution is 2.18. The summed E-state index contributed by atoms with van der Waals surface area (Å²) in [5.74, 6) is -0.617. The zero-order valence-electron chi connectivity index (χ0n) is 9.32. The van der Waals surface area contributed by atoms with Crippen LogP contribution >= 0.6 is 0 Å². The van der Waals surface area contributed by atoms with Gasteiger partial charge in [-0.25, -0.2) is 4.79 Å². The van der Waals surface area contributed by atoms with Crippen LogP contribution in [0.2, 0.25) is 0 Å². The molecule has 0 amide bonds. The lowest BCUT2D eigenvalue weighted by Crippen LogP contribution is -2.15. The monoisotopic (exact) mass is 232 g/mol. The van der Waals surface area contributed by atoms with Gasteiger partial charge >= 0.3 is 5.97 Å². The van der Waals surface area contributed by atoms with Crippen LogP contribution in [0.5, 0.6) is 0 Å². The lowest BCUT2D eigenvalue weighted by molar-refractivity contribution is 0.0526. The average molecular weight is 232 g/mol. The molecule has 0 saturated carbocycles. The number of rotatable bonds is 3. The first kappa shape index (κ1) is 11.2. The predicted octanol–water partition coefficient (Wildman–Crippen LogP) is 1.55. The molecule has 0 aliphatic heterocycles. The Morgan fingerprint density at radius 1 is 1.24 bits per heavy atom. The molecule has 2 N–H and O–H groups in total. The molecule has 1 aromatic carbocycles. The molecule has 0 aliphatic rings. The van der Waals surface area contributed by atoms with Gasteiger partial charge in [-0.1, -0.05) is 30.3 Å². The standard InChI is InChI=1S/C12H12N2O3/c1-2-17-12(16)9-10(13-14-11(9)15)8-6-4-3-5-7-8/h3-7H,2H2,1H3,(H2,13,14,15). The second-order valence-corrected chi connectivity index (χ2v) is 3.42. The molecule has 1 heterocycles. The number of benzene rings is 1. The Hall–Kier alpha value is -2.30. The van der Waals surface area contributed by atoms with E-state index in [9.17, 15) is 9.59 Å². The van der Waals surface area contributed by atoms with Crippen LogP contribution in [0.25, 0.3) is 11.3 Å². The molecule has 0 bridgehead atoms. The van der Waals surface area contributed by atoms with Crippen LogP contribution in [0.1, 0.15) is 17.3 Å². The fourth-order valence-electron chi connectivity index (χ4n) is 1.58. The number of hydrogen-bond acceptors (Lipinski definition) is 3. The van der Waals surface area contributed by atoms with Gasteiger partial charge in [-0.05, 0) is 6.92 Å². The predicted molar refractivity (Wildman–Crippen MR) is 62.8 cm³/mol. The van der Waals surface area contributed by atoms with Crippen LogP contribution in [-0.4, -0.2) is 22.8 Å². The van der Waals surface area contributed by atoms with Crippen molar-refractivity contribution < 1.29 is 9.53 Å². The summed E-state index contributed by atoms with van der Waals surface area (Å²) in [6.45, 7) is 1.93. The van der Waals surface area contributed by atoms with Gasteiger partial charge in [0.05, 0.1) is 12.3 Å². The van der Waals surface area contributed by atoms with Crippen molar-refractivity contribution in [3.8, 4) is 11.3 Å². The van der Waals surface area contributed by atoms with E-state index in [1.165, 1.54) is 0 Å². The summed E-state index contributed by atoms with van der Waals surface area (Å²) in [6.07, 6.45) is 0. The molecule has 2 aromatic rings. The second kappa shape index (κ2) is 4.69. The number of aromatic nitrogens is 2. The van der Waals surface area contributed by atoms with Crippen molar-refractivity contribution in [2.24, 2.45) is 0 Å². The third-order valence-corrected chi connectivity index (χ3v) is 2.32. The Morgan fingerprint density at radius 3 is 2.59 bits per heavy atom. The van der Waals surface area contributed by atoms with Crippen molar-refractivity contribution in [2.75, 3.05) is 6.61 Å². The minimum atomic E-state index is -0.617. The van der Waals surface area contributed by atoms with Crippen LogP contribution in [-0.2, 0) is 4.74 Å². The molecule has 2 rings (SSSR count). The van der Waals surface area contributed by atoms with E-state index in [0.717, 1.165) is 5.56 Å². The van der Waals surface area contributed by atoms with E-state index in [2.05, 4.69) is 10.2 Å². The van der Waals surface area contributed by atoms with E-state index < -0.39 is 11.5 Å². The number of carbonyl (C=O) groups excluding carboxylic acids is 1. The van der Waals surface area contributed by atoms with Crippen LogP contribution in [0, 0.1) is 0 Å². The topological polar surface area (TPSA) is 75.0 Å². The normalized spacial score (nSPS) is 10.2. The van der Waals surface area contributed by atoms with Crippen LogP contribution in [0.3, 0.4) is 0 Å². The second-order valence-electron chi connectivity index (χ2n) is 3.42. The first-order chi connectivity index (χ1) is 8.24. The molecule has 0 radical (unpaired) electrons. The Kier molecular flexibility index (Phi) is 3.09. The van der Waals surface area contributed by atoms with Gasteiger partial charge in [-0.15, -0.1) is 0 Å². The fourth-order valence-corrected chi connectivity index (χ4v) is 1.58. The first-order valence-electron chi connectivity index (χ1n) is 5.27. The van der Waals surface area contributed by atoms with E-state index in [1.54, 1.807) is 6.92 Å². The van der Waals surface area contributed by atoms with Gasteiger partial charge in [0.1, 0.15) is 0 Å². The number of ether oxygens (including phenoxy) is 1. The third kappa shape index (κ3) is 2.13. The van der Waals surface area contributed by atoms with Gasteiger partial charge in [0.2, 0.25) is 0 Å². The highest BCUT2D eigenvalue weighted by atomic mass is 16.5. The molecule has 88 valence electrons. The highest BCUT2D eigenvalue weighted by molar-refractivity contribution is 5.95. The quantitative estimate of drug-likeness (QED) is 0.788. The number of aromatic amines is 2. The molecule has 5 heteroatoms. The largest absolute Gasteiger partial charge is 0.462 e. The van der Waals surface area contributed by atoms with Gasteiger partial charge < -0.3 is 4.74 Å². The summed E-state index contributed by atoms with van der Waals surface area (Å²) in [5, 5.41) is 5.08. The number of esters is 1. The molecule has 0 saturated heterocycles. The van der Waals surface area contributed by atoms with Gasteiger partial charge in [0.25, 0.3) is 5.56 Å².